The molecule has 1 unspecified atom stereocenters. The Bertz CT molecular complexity index is 470. The Morgan fingerprint density at radius 1 is 1.28 bits per heavy atom. The predicted molar refractivity (Wildman–Crippen MR) is 75.5 cm³/mol. The smallest absolute Gasteiger partial charge is 0.239 e. The molecule has 0 saturated carbocycles. The number of unbranched alkanes of at least 4 members (excludes halogenated alkanes) is 1. The second kappa shape index (κ2) is 6.59. The maximum atomic E-state index is 5.33. The first-order valence-corrected chi connectivity index (χ1v) is 7.36. The number of benzene rings is 1. The number of thioether (sulfide) groups is 1. The van der Waals surface area contributed by atoms with E-state index >= 15 is 0 Å². The molecule has 2 aromatic rings. The molecule has 0 bridgehead atoms. The molecular formula is C14H18N2OS. The van der Waals surface area contributed by atoms with Gasteiger partial charge in [-0.15, -0.1) is 11.8 Å². The lowest BCUT2D eigenvalue weighted by molar-refractivity contribution is 0.381. The summed E-state index contributed by atoms with van der Waals surface area (Å²) in [7, 11) is 0. The van der Waals surface area contributed by atoms with Crippen molar-refractivity contribution in [2.75, 3.05) is 5.75 Å². The van der Waals surface area contributed by atoms with Crippen LogP contribution in [0.15, 0.2) is 34.9 Å². The highest BCUT2D eigenvalue weighted by atomic mass is 32.2. The molecule has 0 spiro atoms. The van der Waals surface area contributed by atoms with Gasteiger partial charge < -0.3 is 4.52 Å². The van der Waals surface area contributed by atoms with E-state index in [2.05, 4.69) is 24.0 Å². The summed E-state index contributed by atoms with van der Waals surface area (Å²) in [5.74, 6) is 2.53. The number of aromatic nitrogens is 2. The van der Waals surface area contributed by atoms with E-state index in [-0.39, 0.29) is 5.25 Å². The van der Waals surface area contributed by atoms with Crippen LogP contribution < -0.4 is 0 Å². The van der Waals surface area contributed by atoms with Crippen molar-refractivity contribution in [3.8, 4) is 11.4 Å². The van der Waals surface area contributed by atoms with E-state index in [0.717, 1.165) is 17.2 Å². The molecule has 3 nitrogen and oxygen atoms in total. The number of hydrogen-bond donors (Lipinski definition) is 0. The molecule has 0 aliphatic rings. The first kappa shape index (κ1) is 13.1. The topological polar surface area (TPSA) is 38.9 Å². The molecule has 0 N–H and O–H groups in total. The molecule has 1 aromatic carbocycles. The average Bonchev–Trinajstić information content (AvgIpc) is 2.89. The zero-order valence-electron chi connectivity index (χ0n) is 10.8. The molecular weight excluding hydrogens is 244 g/mol. The van der Waals surface area contributed by atoms with Crippen molar-refractivity contribution >= 4 is 11.8 Å². The van der Waals surface area contributed by atoms with Crippen molar-refractivity contribution in [1.29, 1.82) is 0 Å². The molecule has 0 fully saturated rings. The van der Waals surface area contributed by atoms with Crippen LogP contribution in [0.3, 0.4) is 0 Å². The Kier molecular flexibility index (Phi) is 4.81. The molecule has 18 heavy (non-hydrogen) atoms. The fourth-order valence-corrected chi connectivity index (χ4v) is 2.63. The molecule has 0 aliphatic carbocycles. The van der Waals surface area contributed by atoms with Gasteiger partial charge in [0.2, 0.25) is 11.7 Å². The van der Waals surface area contributed by atoms with Gasteiger partial charge in [-0.2, -0.15) is 4.98 Å². The summed E-state index contributed by atoms with van der Waals surface area (Å²) in [6, 6.07) is 9.91. The van der Waals surface area contributed by atoms with Gasteiger partial charge in [-0.1, -0.05) is 48.8 Å². The predicted octanol–water partition coefficient (Wildman–Crippen LogP) is 4.33. The average molecular weight is 262 g/mol. The molecule has 0 radical (unpaired) electrons. The molecule has 4 heteroatoms. The highest BCUT2D eigenvalue weighted by Gasteiger charge is 2.15. The van der Waals surface area contributed by atoms with Crippen molar-refractivity contribution in [3.05, 3.63) is 36.2 Å². The molecule has 1 aromatic heterocycles. The summed E-state index contributed by atoms with van der Waals surface area (Å²) in [6.07, 6.45) is 2.45. The maximum absolute atomic E-state index is 5.33. The summed E-state index contributed by atoms with van der Waals surface area (Å²) < 4.78 is 5.33. The van der Waals surface area contributed by atoms with Crippen LogP contribution in [0.2, 0.25) is 0 Å². The monoisotopic (exact) mass is 262 g/mol. The largest absolute Gasteiger partial charge is 0.338 e. The summed E-state index contributed by atoms with van der Waals surface area (Å²) in [6.45, 7) is 4.31. The van der Waals surface area contributed by atoms with Crippen molar-refractivity contribution in [1.82, 2.24) is 10.1 Å². The second-order valence-corrected chi connectivity index (χ2v) is 5.64. The molecule has 1 heterocycles. The molecule has 2 rings (SSSR count). The number of nitrogens with zero attached hydrogens (tertiary/aromatic N) is 2. The van der Waals surface area contributed by atoms with Gasteiger partial charge in [0.25, 0.3) is 0 Å². The lowest BCUT2D eigenvalue weighted by Gasteiger charge is -2.04. The van der Waals surface area contributed by atoms with Gasteiger partial charge in [0.05, 0.1) is 5.25 Å². The fraction of sp³-hybridized carbons (Fsp3) is 0.429. The normalized spacial score (nSPS) is 12.6. The van der Waals surface area contributed by atoms with Crippen LogP contribution in [-0.2, 0) is 0 Å². The van der Waals surface area contributed by atoms with E-state index in [4.69, 9.17) is 4.52 Å². The Labute approximate surface area is 112 Å². The maximum Gasteiger partial charge on any atom is 0.239 e. The zero-order valence-corrected chi connectivity index (χ0v) is 11.6. The first-order chi connectivity index (χ1) is 8.81. The standard InChI is InChI=1S/C14H18N2OS/c1-3-4-10-18-11(2)14-15-13(16-17-14)12-8-6-5-7-9-12/h5-9,11H,3-4,10H2,1-2H3. The summed E-state index contributed by atoms with van der Waals surface area (Å²) >= 11 is 1.87. The van der Waals surface area contributed by atoms with E-state index < -0.39 is 0 Å². The van der Waals surface area contributed by atoms with Crippen LogP contribution in [0.4, 0.5) is 0 Å². The number of hydrogen-bond acceptors (Lipinski definition) is 4. The lowest BCUT2D eigenvalue weighted by atomic mass is 10.2. The highest BCUT2D eigenvalue weighted by Crippen LogP contribution is 2.29. The highest BCUT2D eigenvalue weighted by molar-refractivity contribution is 7.99. The molecule has 0 amide bonds. The van der Waals surface area contributed by atoms with Crippen LogP contribution in [-0.4, -0.2) is 15.9 Å². The van der Waals surface area contributed by atoms with Gasteiger partial charge in [-0.3, -0.25) is 0 Å². The minimum atomic E-state index is 0.265. The van der Waals surface area contributed by atoms with E-state index in [1.807, 2.05) is 42.1 Å². The molecule has 0 aliphatic heterocycles. The third-order valence-corrected chi connectivity index (χ3v) is 3.91. The van der Waals surface area contributed by atoms with Crippen LogP contribution in [0.1, 0.15) is 37.8 Å². The lowest BCUT2D eigenvalue weighted by Crippen LogP contribution is -1.91. The van der Waals surface area contributed by atoms with Gasteiger partial charge in [0, 0.05) is 5.56 Å². The Morgan fingerprint density at radius 3 is 2.78 bits per heavy atom. The first-order valence-electron chi connectivity index (χ1n) is 6.32. The summed E-state index contributed by atoms with van der Waals surface area (Å²) in [4.78, 5) is 4.46. The van der Waals surface area contributed by atoms with Gasteiger partial charge in [0.15, 0.2) is 0 Å². The van der Waals surface area contributed by atoms with E-state index in [9.17, 15) is 0 Å². The quantitative estimate of drug-likeness (QED) is 0.726. The molecule has 1 atom stereocenters. The van der Waals surface area contributed by atoms with Gasteiger partial charge in [0.1, 0.15) is 0 Å². The third-order valence-electron chi connectivity index (χ3n) is 2.69. The van der Waals surface area contributed by atoms with Crippen LogP contribution in [0, 0.1) is 0 Å². The van der Waals surface area contributed by atoms with E-state index in [1.54, 1.807) is 0 Å². The molecule has 0 saturated heterocycles. The Hall–Kier alpha value is -1.29. The van der Waals surface area contributed by atoms with Crippen molar-refractivity contribution in [2.24, 2.45) is 0 Å². The Morgan fingerprint density at radius 2 is 2.06 bits per heavy atom. The summed E-state index contributed by atoms with van der Waals surface area (Å²) in [5, 5.41) is 4.30. The SMILES string of the molecule is CCCCSC(C)c1nc(-c2ccccc2)no1. The zero-order chi connectivity index (χ0) is 12.8. The Balaban J connectivity index is 2.02. The summed E-state index contributed by atoms with van der Waals surface area (Å²) in [5.41, 5.74) is 0.998. The van der Waals surface area contributed by atoms with Crippen molar-refractivity contribution in [3.63, 3.8) is 0 Å². The minimum Gasteiger partial charge on any atom is -0.338 e. The second-order valence-electron chi connectivity index (χ2n) is 4.19. The van der Waals surface area contributed by atoms with Gasteiger partial charge >= 0.3 is 0 Å². The minimum absolute atomic E-state index is 0.265. The van der Waals surface area contributed by atoms with E-state index in [1.165, 1.54) is 12.8 Å². The van der Waals surface area contributed by atoms with Gasteiger partial charge in [-0.25, -0.2) is 0 Å². The number of rotatable bonds is 6. The molecule has 96 valence electrons. The van der Waals surface area contributed by atoms with Crippen molar-refractivity contribution < 1.29 is 4.52 Å². The van der Waals surface area contributed by atoms with Crippen LogP contribution in [0.25, 0.3) is 11.4 Å². The van der Waals surface area contributed by atoms with Crippen molar-refractivity contribution in [2.45, 2.75) is 31.9 Å². The third kappa shape index (κ3) is 3.35. The van der Waals surface area contributed by atoms with Crippen LogP contribution in [0.5, 0.6) is 0 Å². The fourth-order valence-electron chi connectivity index (χ4n) is 1.58. The van der Waals surface area contributed by atoms with Crippen LogP contribution >= 0.6 is 11.8 Å². The van der Waals surface area contributed by atoms with Gasteiger partial charge in [-0.05, 0) is 19.1 Å². The van der Waals surface area contributed by atoms with E-state index in [0.29, 0.717) is 5.82 Å².